The molecule has 1 unspecified atom stereocenters. The molecule has 1 atom stereocenters. The Morgan fingerprint density at radius 1 is 1.00 bits per heavy atom. The molecule has 38 heavy (non-hydrogen) atoms. The molecular formula is C31H34N2O5. The lowest BCUT2D eigenvalue weighted by atomic mass is 9.93. The lowest BCUT2D eigenvalue weighted by molar-refractivity contribution is -0.140. The van der Waals surface area contributed by atoms with Gasteiger partial charge in [0, 0.05) is 24.5 Å². The highest BCUT2D eigenvalue weighted by atomic mass is 16.5. The second-order valence-electron chi connectivity index (χ2n) is 9.57. The van der Waals surface area contributed by atoms with Gasteiger partial charge < -0.3 is 19.5 Å². The molecule has 1 saturated heterocycles. The van der Waals surface area contributed by atoms with E-state index in [9.17, 15) is 14.7 Å². The molecule has 1 fully saturated rings. The number of aliphatic hydroxyl groups excluding tert-OH is 1. The van der Waals surface area contributed by atoms with E-state index in [1.165, 1.54) is 4.90 Å². The molecule has 0 radical (unpaired) electrons. The standard InChI is InChI=1S/C31H34N2O5/c1-5-6-7-16-38-25-11-10-23(18-26(25)37-4)28-27(29(34)24-17-20(2)8-9-21(24)3)30(35)31(36)33(28)19-22-12-14-32-15-13-22/h8-15,17-18,28,34H,5-7,16,19H2,1-4H3. The summed E-state index contributed by atoms with van der Waals surface area (Å²) < 4.78 is 11.6. The van der Waals surface area contributed by atoms with Crippen LogP contribution in [-0.2, 0) is 16.1 Å². The molecule has 198 valence electrons. The molecule has 1 N–H and O–H groups in total. The van der Waals surface area contributed by atoms with Crippen LogP contribution in [0.25, 0.3) is 5.76 Å². The molecule has 7 nitrogen and oxygen atoms in total. The molecule has 7 heteroatoms. The van der Waals surface area contributed by atoms with Crippen molar-refractivity contribution in [3.8, 4) is 11.5 Å². The van der Waals surface area contributed by atoms with Gasteiger partial charge in [0.05, 0.1) is 25.3 Å². The zero-order valence-electron chi connectivity index (χ0n) is 22.4. The topological polar surface area (TPSA) is 89.0 Å². The van der Waals surface area contributed by atoms with Crippen LogP contribution in [-0.4, -0.2) is 40.4 Å². The number of aryl methyl sites for hydroxylation is 2. The first kappa shape index (κ1) is 26.9. The molecule has 0 aliphatic carbocycles. The molecule has 4 rings (SSSR count). The van der Waals surface area contributed by atoms with Gasteiger partial charge in [-0.25, -0.2) is 0 Å². The van der Waals surface area contributed by atoms with E-state index in [4.69, 9.17) is 9.47 Å². The van der Waals surface area contributed by atoms with E-state index in [-0.39, 0.29) is 17.9 Å². The van der Waals surface area contributed by atoms with E-state index in [0.717, 1.165) is 36.0 Å². The fourth-order valence-electron chi connectivity index (χ4n) is 4.72. The molecule has 1 aliphatic rings. The normalized spacial score (nSPS) is 16.6. The smallest absolute Gasteiger partial charge is 0.295 e. The van der Waals surface area contributed by atoms with Gasteiger partial charge in [-0.15, -0.1) is 0 Å². The van der Waals surface area contributed by atoms with Crippen molar-refractivity contribution >= 4 is 17.4 Å². The number of Topliss-reactive ketones (excluding diaryl/α,β-unsaturated/α-hetero) is 1. The summed E-state index contributed by atoms with van der Waals surface area (Å²) in [6.45, 7) is 6.66. The highest BCUT2D eigenvalue weighted by Gasteiger charge is 2.46. The lowest BCUT2D eigenvalue weighted by Gasteiger charge is -2.26. The van der Waals surface area contributed by atoms with Gasteiger partial charge in [-0.3, -0.25) is 14.6 Å². The van der Waals surface area contributed by atoms with Gasteiger partial charge in [-0.1, -0.05) is 43.5 Å². The number of benzene rings is 2. The second kappa shape index (κ2) is 11.9. The first-order valence-corrected chi connectivity index (χ1v) is 12.9. The summed E-state index contributed by atoms with van der Waals surface area (Å²) in [5, 5.41) is 11.5. The number of aromatic nitrogens is 1. The van der Waals surface area contributed by atoms with Crippen LogP contribution in [0.2, 0.25) is 0 Å². The highest BCUT2D eigenvalue weighted by molar-refractivity contribution is 6.46. The van der Waals surface area contributed by atoms with Crippen LogP contribution in [0.15, 0.2) is 66.5 Å². The van der Waals surface area contributed by atoms with E-state index in [1.54, 1.807) is 43.8 Å². The van der Waals surface area contributed by atoms with E-state index in [0.29, 0.717) is 29.2 Å². The molecule has 3 aromatic rings. The summed E-state index contributed by atoms with van der Waals surface area (Å²) in [4.78, 5) is 32.4. The number of ether oxygens (including phenoxy) is 2. The van der Waals surface area contributed by atoms with Crippen LogP contribution < -0.4 is 9.47 Å². The number of carbonyl (C=O) groups excluding carboxylic acids is 2. The molecule has 2 heterocycles. The summed E-state index contributed by atoms with van der Waals surface area (Å²) in [6, 6.07) is 13.8. The minimum absolute atomic E-state index is 0.0522. The van der Waals surface area contributed by atoms with Crippen molar-refractivity contribution < 1.29 is 24.2 Å². The van der Waals surface area contributed by atoms with Crippen molar-refractivity contribution in [1.82, 2.24) is 9.88 Å². The van der Waals surface area contributed by atoms with E-state index in [1.807, 2.05) is 38.1 Å². The molecule has 1 aliphatic heterocycles. The van der Waals surface area contributed by atoms with Gasteiger partial charge in [-0.2, -0.15) is 0 Å². The number of likely N-dealkylation sites (tertiary alicyclic amines) is 1. The number of ketones is 1. The fraction of sp³-hybridized carbons (Fsp3) is 0.323. The first-order valence-electron chi connectivity index (χ1n) is 12.9. The van der Waals surface area contributed by atoms with Crippen LogP contribution in [0.3, 0.4) is 0 Å². The van der Waals surface area contributed by atoms with Gasteiger partial charge in [0.1, 0.15) is 5.76 Å². The summed E-state index contributed by atoms with van der Waals surface area (Å²) >= 11 is 0. The second-order valence-corrected chi connectivity index (χ2v) is 9.57. The maximum atomic E-state index is 13.4. The zero-order chi connectivity index (χ0) is 27.2. The van der Waals surface area contributed by atoms with Crippen molar-refractivity contribution in [3.05, 3.63) is 94.3 Å². The number of hydrogen-bond donors (Lipinski definition) is 1. The monoisotopic (exact) mass is 514 g/mol. The number of unbranched alkanes of at least 4 members (excludes halogenated alkanes) is 2. The summed E-state index contributed by atoms with van der Waals surface area (Å²) in [7, 11) is 1.56. The summed E-state index contributed by atoms with van der Waals surface area (Å²) in [5.74, 6) is -0.488. The predicted octanol–water partition coefficient (Wildman–Crippen LogP) is 5.90. The maximum Gasteiger partial charge on any atom is 0.295 e. The Kier molecular flexibility index (Phi) is 8.46. The number of hydrogen-bond acceptors (Lipinski definition) is 6. The molecule has 2 aromatic carbocycles. The van der Waals surface area contributed by atoms with E-state index in [2.05, 4.69) is 11.9 Å². The van der Waals surface area contributed by atoms with Gasteiger partial charge in [0.15, 0.2) is 11.5 Å². The van der Waals surface area contributed by atoms with E-state index >= 15 is 0 Å². The molecular weight excluding hydrogens is 480 g/mol. The fourth-order valence-corrected chi connectivity index (χ4v) is 4.72. The molecule has 0 saturated carbocycles. The van der Waals surface area contributed by atoms with Gasteiger partial charge in [0.25, 0.3) is 11.7 Å². The average molecular weight is 515 g/mol. The summed E-state index contributed by atoms with van der Waals surface area (Å²) in [5.41, 5.74) is 3.78. The number of pyridine rings is 1. The molecule has 1 aromatic heterocycles. The van der Waals surface area contributed by atoms with Gasteiger partial charge in [-0.05, 0) is 67.3 Å². The van der Waals surface area contributed by atoms with Crippen LogP contribution in [0.4, 0.5) is 0 Å². The minimum atomic E-state index is -0.814. The Labute approximate surface area is 223 Å². The van der Waals surface area contributed by atoms with Crippen LogP contribution >= 0.6 is 0 Å². The Bertz CT molecular complexity index is 1350. The first-order chi connectivity index (χ1) is 18.3. The average Bonchev–Trinajstić information content (AvgIpc) is 3.17. The van der Waals surface area contributed by atoms with Crippen molar-refractivity contribution in [2.45, 2.75) is 52.6 Å². The lowest BCUT2D eigenvalue weighted by Crippen LogP contribution is -2.29. The number of methoxy groups -OCH3 is 1. The number of rotatable bonds is 10. The van der Waals surface area contributed by atoms with Crippen LogP contribution in [0.5, 0.6) is 11.5 Å². The number of amides is 1. The summed E-state index contributed by atoms with van der Waals surface area (Å²) in [6.07, 6.45) is 6.39. The van der Waals surface area contributed by atoms with Crippen LogP contribution in [0, 0.1) is 13.8 Å². The SMILES string of the molecule is CCCCCOc1ccc(C2C(=C(O)c3cc(C)ccc3C)C(=O)C(=O)N2Cc2ccncc2)cc1OC. The van der Waals surface area contributed by atoms with E-state index < -0.39 is 17.7 Å². The molecule has 0 spiro atoms. The minimum Gasteiger partial charge on any atom is -0.507 e. The number of carbonyl (C=O) groups is 2. The third kappa shape index (κ3) is 5.57. The van der Waals surface area contributed by atoms with Crippen molar-refractivity contribution in [3.63, 3.8) is 0 Å². The van der Waals surface area contributed by atoms with Gasteiger partial charge in [0.2, 0.25) is 0 Å². The number of nitrogens with zero attached hydrogens (tertiary/aromatic N) is 2. The third-order valence-electron chi connectivity index (χ3n) is 6.80. The predicted molar refractivity (Wildman–Crippen MR) is 146 cm³/mol. The van der Waals surface area contributed by atoms with Gasteiger partial charge >= 0.3 is 0 Å². The third-order valence-corrected chi connectivity index (χ3v) is 6.80. The van der Waals surface area contributed by atoms with Crippen molar-refractivity contribution in [2.24, 2.45) is 0 Å². The molecule has 1 amide bonds. The Morgan fingerprint density at radius 2 is 1.76 bits per heavy atom. The van der Waals surface area contributed by atoms with Crippen LogP contribution in [0.1, 0.15) is 60.0 Å². The van der Waals surface area contributed by atoms with Crippen molar-refractivity contribution in [2.75, 3.05) is 13.7 Å². The Hall–Kier alpha value is -4.13. The zero-order valence-corrected chi connectivity index (χ0v) is 22.4. The molecule has 0 bridgehead atoms. The number of aliphatic hydroxyl groups is 1. The maximum absolute atomic E-state index is 13.4. The quantitative estimate of drug-likeness (QED) is 0.157. The Balaban J connectivity index is 1.83. The highest BCUT2D eigenvalue weighted by Crippen LogP contribution is 2.43. The van der Waals surface area contributed by atoms with Crippen molar-refractivity contribution in [1.29, 1.82) is 0 Å². The Morgan fingerprint density at radius 3 is 2.47 bits per heavy atom. The largest absolute Gasteiger partial charge is 0.507 e.